The first-order valence-electron chi connectivity index (χ1n) is 6.94. The molecule has 22 heavy (non-hydrogen) atoms. The van der Waals surface area contributed by atoms with Gasteiger partial charge in [-0.1, -0.05) is 12.2 Å². The number of allylic oxidation sites excluding steroid dienone is 2. The van der Waals surface area contributed by atoms with E-state index in [1.165, 1.54) is 17.9 Å². The maximum atomic E-state index is 12.5. The van der Waals surface area contributed by atoms with E-state index in [2.05, 4.69) is 10.4 Å². The largest absolute Gasteiger partial charge is 0.481 e. The Hall–Kier alpha value is -2.64. The highest BCUT2D eigenvalue weighted by Crippen LogP contribution is 2.48. The molecule has 0 spiro atoms. The van der Waals surface area contributed by atoms with Crippen molar-refractivity contribution in [3.05, 3.63) is 24.0 Å². The van der Waals surface area contributed by atoms with E-state index in [4.69, 9.17) is 5.73 Å². The van der Waals surface area contributed by atoms with Gasteiger partial charge in [0.15, 0.2) is 0 Å². The van der Waals surface area contributed by atoms with E-state index in [1.54, 1.807) is 0 Å². The Morgan fingerprint density at radius 2 is 1.95 bits per heavy atom. The molecule has 0 saturated heterocycles. The lowest BCUT2D eigenvalue weighted by Crippen LogP contribution is -2.36. The van der Waals surface area contributed by atoms with Gasteiger partial charge >= 0.3 is 5.97 Å². The third-order valence-electron chi connectivity index (χ3n) is 4.48. The number of hydrogen-bond donors (Lipinski definition) is 3. The van der Waals surface area contributed by atoms with Crippen molar-refractivity contribution in [2.45, 2.75) is 6.42 Å². The molecular formula is C14H16N4O4. The van der Waals surface area contributed by atoms with Gasteiger partial charge in [0.25, 0.3) is 5.91 Å². The number of primary amides is 1. The van der Waals surface area contributed by atoms with Gasteiger partial charge in [-0.15, -0.1) is 0 Å². The quantitative estimate of drug-likeness (QED) is 0.674. The maximum absolute atomic E-state index is 12.5. The van der Waals surface area contributed by atoms with Gasteiger partial charge < -0.3 is 16.2 Å². The molecular weight excluding hydrogens is 288 g/mol. The van der Waals surface area contributed by atoms with Gasteiger partial charge in [0.2, 0.25) is 5.91 Å². The van der Waals surface area contributed by atoms with Gasteiger partial charge in [0, 0.05) is 7.05 Å². The standard InChI is InChI=1S/C14H16N4O4/c1-18-11(12(15)19)8(5-16-18)17-13(20)9-6-2-3-7(4-6)10(9)14(21)22/h2-3,5-7,9-10H,4H2,1H3,(H2,15,19)(H,17,20)(H,21,22)/t6-,7+,9+,10+/m1/s1. The van der Waals surface area contributed by atoms with Crippen LogP contribution in [-0.4, -0.2) is 32.7 Å². The van der Waals surface area contributed by atoms with Gasteiger partial charge in [-0.3, -0.25) is 19.1 Å². The van der Waals surface area contributed by atoms with Crippen LogP contribution in [0.3, 0.4) is 0 Å². The number of carbonyl (C=O) groups is 3. The molecule has 8 heteroatoms. The number of nitrogens with one attached hydrogen (secondary N) is 1. The first kappa shape index (κ1) is 14.3. The van der Waals surface area contributed by atoms with Gasteiger partial charge in [-0.05, 0) is 18.3 Å². The topological polar surface area (TPSA) is 127 Å². The Morgan fingerprint density at radius 3 is 2.55 bits per heavy atom. The molecule has 2 bridgehead atoms. The number of rotatable bonds is 4. The van der Waals surface area contributed by atoms with E-state index < -0.39 is 29.6 Å². The Morgan fingerprint density at radius 1 is 1.32 bits per heavy atom. The number of aryl methyl sites for hydroxylation is 1. The number of nitrogens with two attached hydrogens (primary N) is 1. The molecule has 0 aromatic carbocycles. The molecule has 4 atom stereocenters. The van der Waals surface area contributed by atoms with E-state index in [-0.39, 0.29) is 23.2 Å². The molecule has 116 valence electrons. The average Bonchev–Trinajstić information content (AvgIpc) is 3.12. The van der Waals surface area contributed by atoms with E-state index >= 15 is 0 Å². The van der Waals surface area contributed by atoms with Crippen LogP contribution in [0.25, 0.3) is 0 Å². The van der Waals surface area contributed by atoms with Crippen LogP contribution in [0.5, 0.6) is 0 Å². The lowest BCUT2D eigenvalue weighted by molar-refractivity contribution is -0.146. The van der Waals surface area contributed by atoms with E-state index in [0.717, 1.165) is 0 Å². The van der Waals surface area contributed by atoms with Crippen LogP contribution in [0.4, 0.5) is 5.69 Å². The van der Waals surface area contributed by atoms with Crippen molar-refractivity contribution in [1.82, 2.24) is 9.78 Å². The predicted molar refractivity (Wildman–Crippen MR) is 75.7 cm³/mol. The Balaban J connectivity index is 1.85. The Labute approximate surface area is 126 Å². The SMILES string of the molecule is Cn1ncc(NC(=O)[C@@H]2[C@@H](C(=O)O)[C@H]3C=C[C@@H]2C3)c1C(N)=O. The highest BCUT2D eigenvalue weighted by molar-refractivity contribution is 6.03. The zero-order valence-corrected chi connectivity index (χ0v) is 11.9. The summed E-state index contributed by atoms with van der Waals surface area (Å²) in [5.74, 6) is -3.67. The number of amides is 2. The second-order valence-corrected chi connectivity index (χ2v) is 5.72. The first-order chi connectivity index (χ1) is 10.4. The Bertz CT molecular complexity index is 693. The van der Waals surface area contributed by atoms with Crippen LogP contribution < -0.4 is 11.1 Å². The van der Waals surface area contributed by atoms with Gasteiger partial charge in [0.05, 0.1) is 23.7 Å². The molecule has 1 heterocycles. The van der Waals surface area contributed by atoms with Crippen molar-refractivity contribution in [2.75, 3.05) is 5.32 Å². The smallest absolute Gasteiger partial charge is 0.307 e. The molecule has 1 saturated carbocycles. The number of carboxylic acids is 1. The lowest BCUT2D eigenvalue weighted by Gasteiger charge is -2.23. The fraction of sp³-hybridized carbons (Fsp3) is 0.429. The monoisotopic (exact) mass is 304 g/mol. The first-order valence-corrected chi connectivity index (χ1v) is 6.94. The second kappa shape index (κ2) is 4.97. The molecule has 2 amide bonds. The number of nitrogens with zero attached hydrogens (tertiary/aromatic N) is 2. The van der Waals surface area contributed by atoms with Gasteiger partial charge in [0.1, 0.15) is 5.69 Å². The third-order valence-corrected chi connectivity index (χ3v) is 4.48. The van der Waals surface area contributed by atoms with Crippen molar-refractivity contribution in [3.8, 4) is 0 Å². The molecule has 4 N–H and O–H groups in total. The molecule has 2 aliphatic rings. The predicted octanol–water partition coefficient (Wildman–Crippen LogP) is -0.0196. The molecule has 1 fully saturated rings. The minimum absolute atomic E-state index is 0.0823. The molecule has 0 aliphatic heterocycles. The normalized spacial score (nSPS) is 28.8. The van der Waals surface area contributed by atoms with Crippen LogP contribution in [0.1, 0.15) is 16.9 Å². The molecule has 1 aromatic heterocycles. The summed E-state index contributed by atoms with van der Waals surface area (Å²) in [6.45, 7) is 0. The molecule has 1 aromatic rings. The second-order valence-electron chi connectivity index (χ2n) is 5.72. The van der Waals surface area contributed by atoms with Crippen LogP contribution in [0, 0.1) is 23.7 Å². The minimum Gasteiger partial charge on any atom is -0.481 e. The summed E-state index contributed by atoms with van der Waals surface area (Å²) in [7, 11) is 1.54. The number of hydrogen-bond acceptors (Lipinski definition) is 4. The van der Waals surface area contributed by atoms with Crippen molar-refractivity contribution < 1.29 is 19.5 Å². The molecule has 2 aliphatic carbocycles. The van der Waals surface area contributed by atoms with Crippen LogP contribution in [0.2, 0.25) is 0 Å². The van der Waals surface area contributed by atoms with Gasteiger partial charge in [-0.2, -0.15) is 5.10 Å². The van der Waals surface area contributed by atoms with Crippen LogP contribution >= 0.6 is 0 Å². The summed E-state index contributed by atoms with van der Waals surface area (Å²) < 4.78 is 1.27. The summed E-state index contributed by atoms with van der Waals surface area (Å²) in [5, 5.41) is 15.9. The van der Waals surface area contributed by atoms with Gasteiger partial charge in [-0.25, -0.2) is 0 Å². The number of anilines is 1. The zero-order valence-electron chi connectivity index (χ0n) is 11.9. The number of fused-ring (bicyclic) bond motifs is 2. The minimum atomic E-state index is -0.974. The molecule has 3 rings (SSSR count). The molecule has 0 unspecified atom stereocenters. The van der Waals surface area contributed by atoms with E-state index in [1.807, 2.05) is 12.2 Å². The molecule has 0 radical (unpaired) electrons. The third kappa shape index (κ3) is 2.07. The maximum Gasteiger partial charge on any atom is 0.307 e. The zero-order chi connectivity index (χ0) is 16.0. The van der Waals surface area contributed by atoms with Crippen molar-refractivity contribution in [3.63, 3.8) is 0 Å². The number of aromatic nitrogens is 2. The Kier molecular flexibility index (Phi) is 3.23. The highest BCUT2D eigenvalue weighted by atomic mass is 16.4. The fourth-order valence-electron chi connectivity index (χ4n) is 3.55. The van der Waals surface area contributed by atoms with Crippen molar-refractivity contribution >= 4 is 23.5 Å². The lowest BCUT2D eigenvalue weighted by atomic mass is 9.82. The van der Waals surface area contributed by atoms with Crippen molar-refractivity contribution in [1.29, 1.82) is 0 Å². The summed E-state index contributed by atoms with van der Waals surface area (Å²) >= 11 is 0. The number of carboxylic acid groups (broad SMARTS) is 1. The van der Waals surface area contributed by atoms with E-state index in [9.17, 15) is 19.5 Å². The summed E-state index contributed by atoms with van der Waals surface area (Å²) in [4.78, 5) is 35.4. The summed E-state index contributed by atoms with van der Waals surface area (Å²) in [5.41, 5.74) is 5.56. The number of aliphatic carboxylic acids is 1. The highest BCUT2D eigenvalue weighted by Gasteiger charge is 2.51. The van der Waals surface area contributed by atoms with E-state index in [0.29, 0.717) is 6.42 Å². The average molecular weight is 304 g/mol. The number of carbonyl (C=O) groups excluding carboxylic acids is 2. The van der Waals surface area contributed by atoms with Crippen LogP contribution in [-0.2, 0) is 16.6 Å². The van der Waals surface area contributed by atoms with Crippen LogP contribution in [0.15, 0.2) is 18.3 Å². The summed E-state index contributed by atoms with van der Waals surface area (Å²) in [6.07, 6.45) is 5.76. The fourth-order valence-corrected chi connectivity index (χ4v) is 3.55. The summed E-state index contributed by atoms with van der Waals surface area (Å²) in [6, 6.07) is 0. The molecule has 8 nitrogen and oxygen atoms in total. The van der Waals surface area contributed by atoms with Crippen molar-refractivity contribution in [2.24, 2.45) is 36.5 Å².